The van der Waals surface area contributed by atoms with Crippen molar-refractivity contribution in [3.8, 4) is 0 Å². The largest absolute Gasteiger partial charge is 0.348 e. The van der Waals surface area contributed by atoms with E-state index < -0.39 is 0 Å². The number of benzene rings is 1. The van der Waals surface area contributed by atoms with Crippen LogP contribution in [0.25, 0.3) is 0 Å². The molecule has 1 aliphatic heterocycles. The third kappa shape index (κ3) is 6.06. The molecule has 0 aromatic heterocycles. The van der Waals surface area contributed by atoms with Crippen LogP contribution in [0.3, 0.4) is 0 Å². The lowest BCUT2D eigenvalue weighted by molar-refractivity contribution is -0.133. The zero-order chi connectivity index (χ0) is 19.1. The minimum atomic E-state index is 0.0113. The van der Waals surface area contributed by atoms with Gasteiger partial charge in [-0.1, -0.05) is 56.0 Å². The van der Waals surface area contributed by atoms with Crippen LogP contribution in [0.4, 0.5) is 0 Å². The summed E-state index contributed by atoms with van der Waals surface area (Å²) in [6.45, 7) is 5.45. The van der Waals surface area contributed by atoms with Crippen molar-refractivity contribution in [2.24, 2.45) is 5.92 Å². The molecule has 1 aromatic rings. The second-order valence-corrected chi connectivity index (χ2v) is 8.05. The predicted molar refractivity (Wildman–Crippen MR) is 107 cm³/mol. The van der Waals surface area contributed by atoms with Crippen LogP contribution in [0.2, 0.25) is 0 Å². The number of nitrogens with zero attached hydrogens (tertiary/aromatic N) is 2. The van der Waals surface area contributed by atoms with Crippen molar-refractivity contribution in [1.29, 1.82) is 0 Å². The molecule has 1 aromatic carbocycles. The number of rotatable bonds is 7. The fourth-order valence-electron chi connectivity index (χ4n) is 4.26. The Balaban J connectivity index is 1.35. The molecule has 1 N–H and O–H groups in total. The molecule has 2 fully saturated rings. The number of carbonyl (C=O) groups excluding carboxylic acids is 2. The average molecular weight is 372 g/mol. The first kappa shape index (κ1) is 19.9. The maximum Gasteiger partial charge on any atom is 0.234 e. The van der Waals surface area contributed by atoms with Gasteiger partial charge in [0.25, 0.3) is 0 Å². The summed E-state index contributed by atoms with van der Waals surface area (Å²) in [4.78, 5) is 28.9. The number of hydrogen-bond donors (Lipinski definition) is 1. The molecule has 3 rings (SSSR count). The van der Waals surface area contributed by atoms with Gasteiger partial charge in [0.15, 0.2) is 0 Å². The van der Waals surface area contributed by atoms with Crippen LogP contribution in [-0.2, 0) is 9.59 Å². The van der Waals surface area contributed by atoms with Gasteiger partial charge >= 0.3 is 0 Å². The lowest BCUT2D eigenvalue weighted by Gasteiger charge is -2.34. The number of carbonyl (C=O) groups is 2. The third-order valence-corrected chi connectivity index (χ3v) is 6.01. The topological polar surface area (TPSA) is 52.7 Å². The summed E-state index contributed by atoms with van der Waals surface area (Å²) < 4.78 is 0. The molecule has 2 aliphatic rings. The Hall–Kier alpha value is -1.88. The Kier molecular flexibility index (Phi) is 7.27. The van der Waals surface area contributed by atoms with Crippen LogP contribution >= 0.6 is 0 Å². The number of hydrogen-bond acceptors (Lipinski definition) is 3. The second kappa shape index (κ2) is 9.88. The molecule has 2 amide bonds. The fourth-order valence-corrected chi connectivity index (χ4v) is 4.26. The molecule has 1 saturated heterocycles. The standard InChI is InChI=1S/C22H33N3O2/c1-18(20-9-3-2-4-10-20)23-21(26)17-24-13-15-25(16-14-24)22(27)12-11-19-7-5-6-8-19/h2-4,9-10,18-19H,5-8,11-17H2,1H3,(H,23,26). The van der Waals surface area contributed by atoms with E-state index in [1.165, 1.54) is 25.7 Å². The normalized spacial score (nSPS) is 19.8. The summed E-state index contributed by atoms with van der Waals surface area (Å²) in [6, 6.07) is 10.0. The van der Waals surface area contributed by atoms with Crippen molar-refractivity contribution in [2.45, 2.75) is 51.5 Å². The number of piperazine rings is 1. The van der Waals surface area contributed by atoms with E-state index in [9.17, 15) is 9.59 Å². The summed E-state index contributed by atoms with van der Waals surface area (Å²) in [5.74, 6) is 1.11. The Morgan fingerprint density at radius 3 is 2.41 bits per heavy atom. The van der Waals surface area contributed by atoms with Crippen LogP contribution < -0.4 is 5.32 Å². The molecule has 5 nitrogen and oxygen atoms in total. The van der Waals surface area contributed by atoms with Crippen molar-refractivity contribution in [3.63, 3.8) is 0 Å². The molecule has 148 valence electrons. The molecule has 1 aliphatic carbocycles. The maximum absolute atomic E-state index is 12.4. The molecule has 1 heterocycles. The van der Waals surface area contributed by atoms with Gasteiger partial charge < -0.3 is 10.2 Å². The second-order valence-electron chi connectivity index (χ2n) is 8.05. The first-order chi connectivity index (χ1) is 13.1. The highest BCUT2D eigenvalue weighted by atomic mass is 16.2. The zero-order valence-electron chi connectivity index (χ0n) is 16.5. The van der Waals surface area contributed by atoms with E-state index in [1.54, 1.807) is 0 Å². The summed E-state index contributed by atoms with van der Waals surface area (Å²) in [5, 5.41) is 3.07. The third-order valence-electron chi connectivity index (χ3n) is 6.01. The quantitative estimate of drug-likeness (QED) is 0.802. The molecule has 0 spiro atoms. The molecular weight excluding hydrogens is 338 g/mol. The Bertz CT molecular complexity index is 605. The number of amides is 2. The van der Waals surface area contributed by atoms with E-state index in [-0.39, 0.29) is 11.9 Å². The molecule has 27 heavy (non-hydrogen) atoms. The van der Waals surface area contributed by atoms with Gasteiger partial charge in [0.05, 0.1) is 12.6 Å². The number of nitrogens with one attached hydrogen (secondary N) is 1. The lowest BCUT2D eigenvalue weighted by Crippen LogP contribution is -2.51. The van der Waals surface area contributed by atoms with Gasteiger partial charge in [0.1, 0.15) is 0 Å². The highest BCUT2D eigenvalue weighted by molar-refractivity contribution is 5.79. The van der Waals surface area contributed by atoms with E-state index in [0.29, 0.717) is 18.9 Å². The van der Waals surface area contributed by atoms with E-state index in [2.05, 4.69) is 10.2 Å². The molecule has 0 bridgehead atoms. The van der Waals surface area contributed by atoms with Gasteiger partial charge in [-0.2, -0.15) is 0 Å². The predicted octanol–water partition coefficient (Wildman–Crippen LogP) is 2.98. The zero-order valence-corrected chi connectivity index (χ0v) is 16.5. The van der Waals surface area contributed by atoms with Gasteiger partial charge in [0.2, 0.25) is 11.8 Å². The smallest absolute Gasteiger partial charge is 0.234 e. The summed E-state index contributed by atoms with van der Waals surface area (Å²) >= 11 is 0. The Morgan fingerprint density at radius 1 is 1.07 bits per heavy atom. The molecular formula is C22H33N3O2. The van der Waals surface area contributed by atoms with Gasteiger partial charge in [-0.05, 0) is 24.8 Å². The van der Waals surface area contributed by atoms with Crippen molar-refractivity contribution >= 4 is 11.8 Å². The minimum Gasteiger partial charge on any atom is -0.348 e. The van der Waals surface area contributed by atoms with E-state index in [1.807, 2.05) is 42.2 Å². The monoisotopic (exact) mass is 371 g/mol. The van der Waals surface area contributed by atoms with Crippen LogP contribution in [0.1, 0.15) is 57.1 Å². The highest BCUT2D eigenvalue weighted by Gasteiger charge is 2.24. The molecule has 0 radical (unpaired) electrons. The Labute approximate surface area is 163 Å². The SMILES string of the molecule is CC(NC(=O)CN1CCN(C(=O)CCC2CCCC2)CC1)c1ccccc1. The molecule has 5 heteroatoms. The van der Waals surface area contributed by atoms with Crippen molar-refractivity contribution in [1.82, 2.24) is 15.1 Å². The van der Waals surface area contributed by atoms with Crippen molar-refractivity contribution in [2.75, 3.05) is 32.7 Å². The molecule has 1 unspecified atom stereocenters. The van der Waals surface area contributed by atoms with Gasteiger partial charge in [0, 0.05) is 32.6 Å². The van der Waals surface area contributed by atoms with Crippen molar-refractivity contribution in [3.05, 3.63) is 35.9 Å². The Morgan fingerprint density at radius 2 is 1.74 bits per heavy atom. The lowest BCUT2D eigenvalue weighted by atomic mass is 10.0. The van der Waals surface area contributed by atoms with Crippen LogP contribution in [0.15, 0.2) is 30.3 Å². The average Bonchev–Trinajstić information content (AvgIpc) is 3.21. The summed E-state index contributed by atoms with van der Waals surface area (Å²) in [5.41, 5.74) is 1.11. The van der Waals surface area contributed by atoms with E-state index in [4.69, 9.17) is 0 Å². The first-order valence-corrected chi connectivity index (χ1v) is 10.5. The summed E-state index contributed by atoms with van der Waals surface area (Å²) in [6.07, 6.45) is 7.03. The van der Waals surface area contributed by atoms with Crippen LogP contribution in [0.5, 0.6) is 0 Å². The van der Waals surface area contributed by atoms with Gasteiger partial charge in [-0.3, -0.25) is 14.5 Å². The van der Waals surface area contributed by atoms with Crippen molar-refractivity contribution < 1.29 is 9.59 Å². The minimum absolute atomic E-state index is 0.0113. The van der Waals surface area contributed by atoms with Crippen LogP contribution in [0, 0.1) is 5.92 Å². The molecule has 1 atom stereocenters. The highest BCUT2D eigenvalue weighted by Crippen LogP contribution is 2.28. The van der Waals surface area contributed by atoms with Gasteiger partial charge in [-0.25, -0.2) is 0 Å². The fraction of sp³-hybridized carbons (Fsp3) is 0.636. The first-order valence-electron chi connectivity index (χ1n) is 10.5. The van der Waals surface area contributed by atoms with Crippen LogP contribution in [-0.4, -0.2) is 54.3 Å². The molecule has 1 saturated carbocycles. The summed E-state index contributed by atoms with van der Waals surface area (Å²) in [7, 11) is 0. The van der Waals surface area contributed by atoms with E-state index >= 15 is 0 Å². The van der Waals surface area contributed by atoms with E-state index in [0.717, 1.165) is 44.1 Å². The van der Waals surface area contributed by atoms with Gasteiger partial charge in [-0.15, -0.1) is 0 Å². The maximum atomic E-state index is 12.4.